The third kappa shape index (κ3) is 2.20. The molecule has 1 amide bonds. The molecule has 1 N–H and O–H groups in total. The number of nitrogens with one attached hydrogen (secondary N) is 1. The SMILES string of the molecule is Cc1nc2cc(C(=O)NN(C)C)ccc2s1. The number of thiazole rings is 1. The summed E-state index contributed by atoms with van der Waals surface area (Å²) in [7, 11) is 3.56. The van der Waals surface area contributed by atoms with Crippen LogP contribution in [-0.4, -0.2) is 30.0 Å². The summed E-state index contributed by atoms with van der Waals surface area (Å²) in [6.07, 6.45) is 0. The molecule has 4 nitrogen and oxygen atoms in total. The first-order valence-corrected chi connectivity index (χ1v) is 5.73. The van der Waals surface area contributed by atoms with E-state index in [2.05, 4.69) is 10.4 Å². The van der Waals surface area contributed by atoms with E-state index >= 15 is 0 Å². The number of aromatic nitrogens is 1. The summed E-state index contributed by atoms with van der Waals surface area (Å²) >= 11 is 1.63. The van der Waals surface area contributed by atoms with Crippen molar-refractivity contribution in [1.82, 2.24) is 15.4 Å². The van der Waals surface area contributed by atoms with Gasteiger partial charge in [-0.2, -0.15) is 0 Å². The van der Waals surface area contributed by atoms with Gasteiger partial charge in [-0.3, -0.25) is 10.2 Å². The number of nitrogens with zero attached hydrogens (tertiary/aromatic N) is 2. The van der Waals surface area contributed by atoms with E-state index in [4.69, 9.17) is 0 Å². The Balaban J connectivity index is 2.35. The van der Waals surface area contributed by atoms with Crippen LogP contribution in [0.4, 0.5) is 0 Å². The maximum atomic E-state index is 11.7. The predicted octanol–water partition coefficient (Wildman–Crippen LogP) is 1.81. The summed E-state index contributed by atoms with van der Waals surface area (Å²) in [5.41, 5.74) is 4.21. The van der Waals surface area contributed by atoms with Crippen LogP contribution < -0.4 is 5.43 Å². The Morgan fingerprint density at radius 2 is 2.19 bits per heavy atom. The lowest BCUT2D eigenvalue weighted by Crippen LogP contribution is -2.36. The third-order valence-electron chi connectivity index (χ3n) is 2.08. The number of hydrazine groups is 1. The van der Waals surface area contributed by atoms with Gasteiger partial charge in [-0.15, -0.1) is 11.3 Å². The van der Waals surface area contributed by atoms with Gasteiger partial charge >= 0.3 is 0 Å². The first-order valence-electron chi connectivity index (χ1n) is 4.92. The zero-order valence-corrected chi connectivity index (χ0v) is 10.3. The van der Waals surface area contributed by atoms with E-state index in [0.717, 1.165) is 15.2 Å². The molecule has 84 valence electrons. The zero-order chi connectivity index (χ0) is 11.7. The lowest BCUT2D eigenvalue weighted by Gasteiger charge is -2.11. The minimum absolute atomic E-state index is 0.113. The molecular weight excluding hydrogens is 222 g/mol. The highest BCUT2D eigenvalue weighted by Crippen LogP contribution is 2.22. The lowest BCUT2D eigenvalue weighted by molar-refractivity contribution is 0.0857. The monoisotopic (exact) mass is 235 g/mol. The van der Waals surface area contributed by atoms with Crippen LogP contribution in [0.15, 0.2) is 18.2 Å². The van der Waals surface area contributed by atoms with E-state index in [1.165, 1.54) is 0 Å². The van der Waals surface area contributed by atoms with Crippen molar-refractivity contribution in [2.75, 3.05) is 14.1 Å². The van der Waals surface area contributed by atoms with Crippen LogP contribution in [0.25, 0.3) is 10.2 Å². The van der Waals surface area contributed by atoms with Crippen LogP contribution in [0.5, 0.6) is 0 Å². The van der Waals surface area contributed by atoms with Crippen LogP contribution in [0.1, 0.15) is 15.4 Å². The Kier molecular flexibility index (Phi) is 2.89. The lowest BCUT2D eigenvalue weighted by atomic mass is 10.2. The normalized spacial score (nSPS) is 11.0. The van der Waals surface area contributed by atoms with E-state index in [0.29, 0.717) is 5.56 Å². The quantitative estimate of drug-likeness (QED) is 0.807. The molecule has 0 spiro atoms. The number of benzene rings is 1. The molecule has 0 unspecified atom stereocenters. The van der Waals surface area contributed by atoms with Gasteiger partial charge in [0.1, 0.15) is 0 Å². The summed E-state index contributed by atoms with van der Waals surface area (Å²) in [5.74, 6) is -0.113. The molecule has 1 aromatic carbocycles. The Morgan fingerprint density at radius 3 is 2.88 bits per heavy atom. The molecule has 0 bridgehead atoms. The van der Waals surface area contributed by atoms with Gasteiger partial charge in [0.2, 0.25) is 0 Å². The second kappa shape index (κ2) is 4.19. The third-order valence-corrected chi connectivity index (χ3v) is 3.03. The summed E-state index contributed by atoms with van der Waals surface area (Å²) < 4.78 is 1.11. The van der Waals surface area contributed by atoms with E-state index in [1.54, 1.807) is 30.4 Å². The number of carbonyl (C=O) groups excluding carboxylic acids is 1. The van der Waals surface area contributed by atoms with Gasteiger partial charge in [-0.25, -0.2) is 9.99 Å². The number of fused-ring (bicyclic) bond motifs is 1. The van der Waals surface area contributed by atoms with Gasteiger partial charge in [-0.05, 0) is 25.1 Å². The molecule has 5 heteroatoms. The maximum Gasteiger partial charge on any atom is 0.265 e. The van der Waals surface area contributed by atoms with Crippen molar-refractivity contribution < 1.29 is 4.79 Å². The molecule has 0 saturated carbocycles. The summed E-state index contributed by atoms with van der Waals surface area (Å²) in [6, 6.07) is 5.57. The van der Waals surface area contributed by atoms with Gasteiger partial charge in [0.05, 0.1) is 15.2 Å². The molecule has 2 aromatic rings. The molecule has 1 heterocycles. The van der Waals surface area contributed by atoms with Crippen molar-refractivity contribution in [3.63, 3.8) is 0 Å². The molecule has 0 aliphatic heterocycles. The number of aryl methyl sites for hydroxylation is 1. The Hall–Kier alpha value is -1.46. The van der Waals surface area contributed by atoms with Crippen molar-refractivity contribution in [2.24, 2.45) is 0 Å². The summed E-state index contributed by atoms with van der Waals surface area (Å²) in [4.78, 5) is 16.1. The van der Waals surface area contributed by atoms with Crippen LogP contribution in [0.3, 0.4) is 0 Å². The average molecular weight is 235 g/mol. The second-order valence-corrected chi connectivity index (χ2v) is 4.99. The average Bonchev–Trinajstić information content (AvgIpc) is 2.55. The fourth-order valence-electron chi connectivity index (χ4n) is 1.45. The molecule has 2 rings (SSSR count). The van der Waals surface area contributed by atoms with Crippen LogP contribution >= 0.6 is 11.3 Å². The molecule has 0 atom stereocenters. The topological polar surface area (TPSA) is 45.2 Å². The minimum atomic E-state index is -0.113. The number of hydrogen-bond donors (Lipinski definition) is 1. The van der Waals surface area contributed by atoms with E-state index in [1.807, 2.05) is 25.1 Å². The second-order valence-electron chi connectivity index (χ2n) is 3.75. The van der Waals surface area contributed by atoms with Gasteiger partial charge in [0.15, 0.2) is 0 Å². The van der Waals surface area contributed by atoms with Crippen molar-refractivity contribution in [3.05, 3.63) is 28.8 Å². The summed E-state index contributed by atoms with van der Waals surface area (Å²) in [5, 5.41) is 2.64. The number of amides is 1. The molecule has 16 heavy (non-hydrogen) atoms. The molecular formula is C11H13N3OS. The van der Waals surface area contributed by atoms with Crippen LogP contribution in [-0.2, 0) is 0 Å². The number of carbonyl (C=O) groups is 1. The number of rotatable bonds is 2. The van der Waals surface area contributed by atoms with Crippen molar-refractivity contribution >= 4 is 27.5 Å². The summed E-state index contributed by atoms with van der Waals surface area (Å²) in [6.45, 7) is 1.96. The fourth-order valence-corrected chi connectivity index (χ4v) is 2.26. The highest BCUT2D eigenvalue weighted by molar-refractivity contribution is 7.18. The van der Waals surface area contributed by atoms with Crippen molar-refractivity contribution in [2.45, 2.75) is 6.92 Å². The Morgan fingerprint density at radius 1 is 1.44 bits per heavy atom. The van der Waals surface area contributed by atoms with E-state index < -0.39 is 0 Å². The van der Waals surface area contributed by atoms with Crippen molar-refractivity contribution in [3.8, 4) is 0 Å². The first-order chi connectivity index (χ1) is 7.56. The first kappa shape index (κ1) is 11.0. The highest BCUT2D eigenvalue weighted by Gasteiger charge is 2.08. The molecule has 0 radical (unpaired) electrons. The maximum absolute atomic E-state index is 11.7. The van der Waals surface area contributed by atoms with Gasteiger partial charge in [-0.1, -0.05) is 0 Å². The minimum Gasteiger partial charge on any atom is -0.285 e. The fraction of sp³-hybridized carbons (Fsp3) is 0.273. The van der Waals surface area contributed by atoms with Crippen molar-refractivity contribution in [1.29, 1.82) is 0 Å². The van der Waals surface area contributed by atoms with Gasteiger partial charge < -0.3 is 0 Å². The largest absolute Gasteiger partial charge is 0.285 e. The van der Waals surface area contributed by atoms with Crippen LogP contribution in [0.2, 0.25) is 0 Å². The highest BCUT2D eigenvalue weighted by atomic mass is 32.1. The number of hydrogen-bond acceptors (Lipinski definition) is 4. The predicted molar refractivity (Wildman–Crippen MR) is 65.5 cm³/mol. The molecule has 0 aliphatic rings. The molecule has 0 saturated heterocycles. The van der Waals surface area contributed by atoms with Crippen LogP contribution in [0, 0.1) is 6.92 Å². The molecule has 1 aromatic heterocycles. The molecule has 0 aliphatic carbocycles. The smallest absolute Gasteiger partial charge is 0.265 e. The standard InChI is InChI=1S/C11H13N3OS/c1-7-12-9-6-8(4-5-10(9)16-7)11(15)13-14(2)3/h4-6H,1-3H3,(H,13,15). The van der Waals surface area contributed by atoms with E-state index in [9.17, 15) is 4.79 Å². The molecule has 0 fully saturated rings. The van der Waals surface area contributed by atoms with E-state index in [-0.39, 0.29) is 5.91 Å². The Labute approximate surface area is 97.9 Å². The zero-order valence-electron chi connectivity index (χ0n) is 9.44. The van der Waals surface area contributed by atoms with Gasteiger partial charge in [0, 0.05) is 19.7 Å². The van der Waals surface area contributed by atoms with Gasteiger partial charge in [0.25, 0.3) is 5.91 Å². The Bertz CT molecular complexity index is 533.